The van der Waals surface area contributed by atoms with Crippen LogP contribution < -0.4 is 5.32 Å². The molecule has 2 N–H and O–H groups in total. The van der Waals surface area contributed by atoms with Crippen molar-refractivity contribution in [3.05, 3.63) is 55.0 Å². The third-order valence-corrected chi connectivity index (χ3v) is 5.58. The lowest BCUT2D eigenvalue weighted by atomic mass is 10.0. The summed E-state index contributed by atoms with van der Waals surface area (Å²) in [4.78, 5) is 14.6. The molecule has 3 aromatic heterocycles. The number of fused-ring (bicyclic) bond motifs is 2. The van der Waals surface area contributed by atoms with E-state index in [0.29, 0.717) is 6.04 Å². The Hall–Kier alpha value is -2.92. The molecule has 1 aliphatic heterocycles. The molecule has 1 aliphatic rings. The van der Waals surface area contributed by atoms with Crippen molar-refractivity contribution in [3.63, 3.8) is 0 Å². The Morgan fingerprint density at radius 3 is 2.81 bits per heavy atom. The van der Waals surface area contributed by atoms with Crippen LogP contribution >= 0.6 is 0 Å². The van der Waals surface area contributed by atoms with Crippen molar-refractivity contribution in [1.82, 2.24) is 19.9 Å². The van der Waals surface area contributed by atoms with Crippen LogP contribution in [0, 0.1) is 0 Å². The van der Waals surface area contributed by atoms with Crippen LogP contribution in [-0.4, -0.2) is 46.0 Å². The minimum absolute atomic E-state index is 0.521. The van der Waals surface area contributed by atoms with Crippen LogP contribution in [0.4, 0.5) is 5.69 Å². The van der Waals surface area contributed by atoms with Gasteiger partial charge in [0.2, 0.25) is 0 Å². The highest BCUT2D eigenvalue weighted by Crippen LogP contribution is 2.32. The van der Waals surface area contributed by atoms with E-state index in [2.05, 4.69) is 62.5 Å². The minimum atomic E-state index is 0.521. The van der Waals surface area contributed by atoms with E-state index in [-0.39, 0.29) is 0 Å². The molecule has 0 saturated carbocycles. The fourth-order valence-corrected chi connectivity index (χ4v) is 4.01. The van der Waals surface area contributed by atoms with Gasteiger partial charge in [-0.3, -0.25) is 4.98 Å². The summed E-state index contributed by atoms with van der Waals surface area (Å²) in [6, 6.07) is 13.2. The number of nitrogens with one attached hydrogen (secondary N) is 2. The number of hydrogen-bond acceptors (Lipinski definition) is 4. The molecule has 0 atom stereocenters. The molecule has 0 bridgehead atoms. The van der Waals surface area contributed by atoms with Crippen molar-refractivity contribution < 1.29 is 0 Å². The van der Waals surface area contributed by atoms with Crippen LogP contribution in [0.1, 0.15) is 12.8 Å². The van der Waals surface area contributed by atoms with Gasteiger partial charge in [0, 0.05) is 46.7 Å². The molecule has 27 heavy (non-hydrogen) atoms. The second-order valence-corrected chi connectivity index (χ2v) is 7.41. The van der Waals surface area contributed by atoms with Gasteiger partial charge in [-0.1, -0.05) is 6.07 Å². The van der Waals surface area contributed by atoms with Gasteiger partial charge in [-0.2, -0.15) is 0 Å². The first-order valence-electron chi connectivity index (χ1n) is 9.54. The zero-order valence-corrected chi connectivity index (χ0v) is 15.4. The summed E-state index contributed by atoms with van der Waals surface area (Å²) in [5.41, 5.74) is 5.47. The summed E-state index contributed by atoms with van der Waals surface area (Å²) >= 11 is 0. The van der Waals surface area contributed by atoms with E-state index in [1.165, 1.54) is 35.0 Å². The SMILES string of the molecule is CN1CCC(Nc2ccnc3ccc(-c4c[nH]c5ncccc45)cc23)CC1. The molecule has 4 aromatic rings. The van der Waals surface area contributed by atoms with Crippen molar-refractivity contribution in [2.75, 3.05) is 25.5 Å². The van der Waals surface area contributed by atoms with Crippen molar-refractivity contribution in [2.45, 2.75) is 18.9 Å². The molecule has 0 amide bonds. The highest BCUT2D eigenvalue weighted by Gasteiger charge is 2.17. The van der Waals surface area contributed by atoms with Gasteiger partial charge in [-0.05, 0) is 68.9 Å². The molecule has 0 unspecified atom stereocenters. The predicted molar refractivity (Wildman–Crippen MR) is 111 cm³/mol. The number of anilines is 1. The lowest BCUT2D eigenvalue weighted by Crippen LogP contribution is -2.36. The molecule has 4 heterocycles. The van der Waals surface area contributed by atoms with Crippen LogP contribution in [0.2, 0.25) is 0 Å². The number of hydrogen-bond donors (Lipinski definition) is 2. The van der Waals surface area contributed by atoms with Crippen LogP contribution in [0.3, 0.4) is 0 Å². The first kappa shape index (κ1) is 16.3. The number of rotatable bonds is 3. The molecular weight excluding hydrogens is 334 g/mol. The normalized spacial score (nSPS) is 16.2. The molecule has 1 aromatic carbocycles. The molecule has 1 saturated heterocycles. The monoisotopic (exact) mass is 357 g/mol. The Morgan fingerprint density at radius 1 is 1.04 bits per heavy atom. The van der Waals surface area contributed by atoms with Gasteiger partial charge in [0.05, 0.1) is 5.52 Å². The van der Waals surface area contributed by atoms with Gasteiger partial charge >= 0.3 is 0 Å². The molecule has 0 radical (unpaired) electrons. The average molecular weight is 357 g/mol. The maximum absolute atomic E-state index is 4.56. The first-order chi connectivity index (χ1) is 13.3. The summed E-state index contributed by atoms with van der Waals surface area (Å²) in [5.74, 6) is 0. The van der Waals surface area contributed by atoms with E-state index >= 15 is 0 Å². The number of likely N-dealkylation sites (tertiary alicyclic amines) is 1. The maximum atomic E-state index is 4.56. The van der Waals surface area contributed by atoms with Crippen LogP contribution in [0.15, 0.2) is 55.0 Å². The van der Waals surface area contributed by atoms with Crippen molar-refractivity contribution >= 4 is 27.6 Å². The Labute approximate surface area is 158 Å². The van der Waals surface area contributed by atoms with Crippen molar-refractivity contribution in [1.29, 1.82) is 0 Å². The largest absolute Gasteiger partial charge is 0.382 e. The van der Waals surface area contributed by atoms with Crippen LogP contribution in [0.25, 0.3) is 33.1 Å². The second kappa shape index (κ2) is 6.67. The number of piperidine rings is 1. The van der Waals surface area contributed by atoms with Crippen molar-refractivity contribution in [2.24, 2.45) is 0 Å². The number of nitrogens with zero attached hydrogens (tertiary/aromatic N) is 3. The number of aromatic nitrogens is 3. The third-order valence-electron chi connectivity index (χ3n) is 5.58. The summed E-state index contributed by atoms with van der Waals surface area (Å²) in [5, 5.41) is 6.08. The number of benzene rings is 1. The topological polar surface area (TPSA) is 56.8 Å². The van der Waals surface area contributed by atoms with E-state index in [9.17, 15) is 0 Å². The van der Waals surface area contributed by atoms with Gasteiger partial charge in [-0.25, -0.2) is 4.98 Å². The second-order valence-electron chi connectivity index (χ2n) is 7.41. The number of H-pyrrole nitrogens is 1. The quantitative estimate of drug-likeness (QED) is 0.574. The average Bonchev–Trinajstić information content (AvgIpc) is 3.14. The summed E-state index contributed by atoms with van der Waals surface area (Å²) in [6.07, 6.45) is 8.10. The Morgan fingerprint density at radius 2 is 1.93 bits per heavy atom. The summed E-state index contributed by atoms with van der Waals surface area (Å²) in [6.45, 7) is 2.29. The summed E-state index contributed by atoms with van der Waals surface area (Å²) in [7, 11) is 2.19. The van der Waals surface area contributed by atoms with E-state index in [1.54, 1.807) is 0 Å². The third kappa shape index (κ3) is 3.04. The Kier molecular flexibility index (Phi) is 4.02. The summed E-state index contributed by atoms with van der Waals surface area (Å²) < 4.78 is 0. The van der Waals surface area contributed by atoms with Gasteiger partial charge in [0.1, 0.15) is 5.65 Å². The zero-order valence-electron chi connectivity index (χ0n) is 15.4. The Bertz CT molecular complexity index is 1090. The fraction of sp³-hybridized carbons (Fsp3) is 0.273. The molecular formula is C22H23N5. The van der Waals surface area contributed by atoms with E-state index < -0.39 is 0 Å². The smallest absolute Gasteiger partial charge is 0.137 e. The van der Waals surface area contributed by atoms with E-state index in [1.807, 2.05) is 24.7 Å². The van der Waals surface area contributed by atoms with E-state index in [0.717, 1.165) is 29.6 Å². The van der Waals surface area contributed by atoms with Gasteiger partial charge in [-0.15, -0.1) is 0 Å². The van der Waals surface area contributed by atoms with Crippen LogP contribution in [0.5, 0.6) is 0 Å². The van der Waals surface area contributed by atoms with Crippen LogP contribution in [-0.2, 0) is 0 Å². The maximum Gasteiger partial charge on any atom is 0.137 e. The molecule has 0 aliphatic carbocycles. The number of pyridine rings is 2. The lowest BCUT2D eigenvalue weighted by molar-refractivity contribution is 0.264. The fourth-order valence-electron chi connectivity index (χ4n) is 4.01. The zero-order chi connectivity index (χ0) is 18.2. The van der Waals surface area contributed by atoms with Gasteiger partial charge in [0.15, 0.2) is 0 Å². The standard InChI is InChI=1S/C22H23N5/c1-27-11-7-16(8-12-27)26-21-6-10-23-20-5-4-15(13-18(20)21)19-14-25-22-17(19)3-2-9-24-22/h2-6,9-10,13-14,16H,7-8,11-12H2,1H3,(H,23,26)(H,24,25). The Balaban J connectivity index is 1.54. The number of aromatic amines is 1. The highest BCUT2D eigenvalue weighted by molar-refractivity contribution is 5.99. The predicted octanol–water partition coefficient (Wildman–Crippen LogP) is 4.28. The molecule has 5 rings (SSSR count). The van der Waals surface area contributed by atoms with Crippen molar-refractivity contribution in [3.8, 4) is 11.1 Å². The van der Waals surface area contributed by atoms with Gasteiger partial charge < -0.3 is 15.2 Å². The first-order valence-corrected chi connectivity index (χ1v) is 9.54. The molecule has 136 valence electrons. The molecule has 1 fully saturated rings. The highest BCUT2D eigenvalue weighted by atomic mass is 15.1. The van der Waals surface area contributed by atoms with Gasteiger partial charge in [0.25, 0.3) is 0 Å². The van der Waals surface area contributed by atoms with E-state index in [4.69, 9.17) is 0 Å². The molecule has 0 spiro atoms. The molecule has 5 heteroatoms. The lowest BCUT2D eigenvalue weighted by Gasteiger charge is -2.30. The minimum Gasteiger partial charge on any atom is -0.382 e. The molecule has 5 nitrogen and oxygen atoms in total.